The van der Waals surface area contributed by atoms with E-state index in [4.69, 9.17) is 22.1 Å². The highest BCUT2D eigenvalue weighted by Gasteiger charge is 2.41. The number of amides is 1. The molecule has 4 heterocycles. The van der Waals surface area contributed by atoms with E-state index in [9.17, 15) is 14.3 Å². The van der Waals surface area contributed by atoms with Crippen LogP contribution in [0.25, 0.3) is 5.57 Å². The molecule has 5 rings (SSSR count). The first kappa shape index (κ1) is 24.9. The summed E-state index contributed by atoms with van der Waals surface area (Å²) in [7, 11) is 0. The molecule has 2 saturated heterocycles. The molecule has 2 bridgehead atoms. The maximum atomic E-state index is 14.2. The Morgan fingerprint density at radius 2 is 2.03 bits per heavy atom. The number of hydrogen-bond donors (Lipinski definition) is 2. The van der Waals surface area contributed by atoms with E-state index in [-0.39, 0.29) is 37.5 Å². The number of rotatable bonds is 7. The van der Waals surface area contributed by atoms with Crippen molar-refractivity contribution in [1.29, 1.82) is 0 Å². The van der Waals surface area contributed by atoms with E-state index >= 15 is 0 Å². The molecule has 1 aromatic carbocycles. The molecule has 0 aliphatic carbocycles. The number of nitrogens with two attached hydrogens (primary N) is 1. The SMILES string of the molecule is Cc1nc(C2=C(N)CN(C(=O)c3ccc(F)cc3OC3C[C@H]4CC[C@@H](C3)N4CCCO)C2)ncc1Cl. The first-order chi connectivity index (χ1) is 17.3. The van der Waals surface area contributed by atoms with Gasteiger partial charge in [-0.15, -0.1) is 0 Å². The van der Waals surface area contributed by atoms with Crippen LogP contribution in [-0.2, 0) is 0 Å². The second-order valence-corrected chi connectivity index (χ2v) is 10.3. The minimum absolute atomic E-state index is 0.0935. The smallest absolute Gasteiger partial charge is 0.258 e. The molecule has 8 nitrogen and oxygen atoms in total. The zero-order valence-corrected chi connectivity index (χ0v) is 21.0. The molecule has 192 valence electrons. The first-order valence-electron chi connectivity index (χ1n) is 12.4. The molecule has 1 amide bonds. The molecule has 36 heavy (non-hydrogen) atoms. The quantitative estimate of drug-likeness (QED) is 0.583. The summed E-state index contributed by atoms with van der Waals surface area (Å²) >= 11 is 6.05. The van der Waals surface area contributed by atoms with Gasteiger partial charge in [0.1, 0.15) is 17.7 Å². The van der Waals surface area contributed by atoms with Gasteiger partial charge in [0.2, 0.25) is 0 Å². The highest BCUT2D eigenvalue weighted by Crippen LogP contribution is 2.38. The van der Waals surface area contributed by atoms with Gasteiger partial charge in [0.25, 0.3) is 5.91 Å². The van der Waals surface area contributed by atoms with Gasteiger partial charge >= 0.3 is 0 Å². The van der Waals surface area contributed by atoms with Crippen LogP contribution in [0, 0.1) is 12.7 Å². The van der Waals surface area contributed by atoms with Crippen LogP contribution in [0.5, 0.6) is 5.75 Å². The molecule has 0 spiro atoms. The van der Waals surface area contributed by atoms with Gasteiger partial charge in [-0.05, 0) is 51.2 Å². The minimum Gasteiger partial charge on any atom is -0.489 e. The van der Waals surface area contributed by atoms with Crippen molar-refractivity contribution in [2.75, 3.05) is 26.2 Å². The zero-order valence-electron chi connectivity index (χ0n) is 20.3. The minimum atomic E-state index is -0.449. The second-order valence-electron chi connectivity index (χ2n) is 9.84. The van der Waals surface area contributed by atoms with Crippen LogP contribution in [0.1, 0.15) is 54.0 Å². The van der Waals surface area contributed by atoms with E-state index in [1.807, 2.05) is 0 Å². The van der Waals surface area contributed by atoms with Crippen molar-refractivity contribution in [3.05, 3.63) is 58.0 Å². The maximum Gasteiger partial charge on any atom is 0.258 e. The number of hydrogen-bond acceptors (Lipinski definition) is 7. The lowest BCUT2D eigenvalue weighted by Gasteiger charge is -2.39. The number of aliphatic hydroxyl groups is 1. The normalized spacial score (nSPS) is 24.0. The summed E-state index contributed by atoms with van der Waals surface area (Å²) in [4.78, 5) is 26.3. The lowest BCUT2D eigenvalue weighted by molar-refractivity contribution is 0.0447. The third-order valence-corrected chi connectivity index (χ3v) is 7.83. The van der Waals surface area contributed by atoms with Crippen molar-refractivity contribution in [3.63, 3.8) is 0 Å². The van der Waals surface area contributed by atoms with Gasteiger partial charge in [-0.1, -0.05) is 11.6 Å². The Morgan fingerprint density at radius 3 is 2.72 bits per heavy atom. The van der Waals surface area contributed by atoms with Gasteiger partial charge in [-0.3, -0.25) is 9.69 Å². The Labute approximate surface area is 214 Å². The first-order valence-corrected chi connectivity index (χ1v) is 12.8. The summed E-state index contributed by atoms with van der Waals surface area (Å²) < 4.78 is 20.5. The number of carbonyl (C=O) groups is 1. The third kappa shape index (κ3) is 4.92. The average Bonchev–Trinajstić information content (AvgIpc) is 3.35. The fraction of sp³-hybridized carbons (Fsp3) is 0.500. The summed E-state index contributed by atoms with van der Waals surface area (Å²) in [6.07, 6.45) is 6.03. The number of halogens is 2. The molecule has 3 N–H and O–H groups in total. The van der Waals surface area contributed by atoms with Gasteiger partial charge < -0.3 is 20.5 Å². The summed E-state index contributed by atoms with van der Waals surface area (Å²) in [5.41, 5.74) is 8.41. The van der Waals surface area contributed by atoms with Gasteiger partial charge in [-0.25, -0.2) is 14.4 Å². The van der Waals surface area contributed by atoms with Crippen LogP contribution in [0.3, 0.4) is 0 Å². The van der Waals surface area contributed by atoms with Crippen molar-refractivity contribution in [3.8, 4) is 5.75 Å². The van der Waals surface area contributed by atoms with Crippen molar-refractivity contribution >= 4 is 23.1 Å². The lowest BCUT2D eigenvalue weighted by atomic mass is 9.99. The van der Waals surface area contributed by atoms with Crippen LogP contribution in [-0.4, -0.2) is 75.2 Å². The Bertz CT molecular complexity index is 1180. The number of benzene rings is 1. The van der Waals surface area contributed by atoms with E-state index in [0.717, 1.165) is 38.6 Å². The standard InChI is InChI=1S/C26H31ClFN5O3/c1-15-22(27)12-30-25(31-15)21-13-32(14-23(21)29)26(35)20-6-3-16(28)9-24(20)36-19-10-17-4-5-18(11-19)33(17)7-2-8-34/h3,6,9,12,17-19,34H,2,4-5,7-8,10-11,13-14,29H2,1H3/t17-,18+,19?. The molecule has 0 radical (unpaired) electrons. The van der Waals surface area contributed by atoms with Gasteiger partial charge in [0.05, 0.1) is 29.4 Å². The monoisotopic (exact) mass is 515 g/mol. The highest BCUT2D eigenvalue weighted by molar-refractivity contribution is 6.31. The summed E-state index contributed by atoms with van der Waals surface area (Å²) in [5.74, 6) is -0.0192. The van der Waals surface area contributed by atoms with Crippen LogP contribution in [0.4, 0.5) is 4.39 Å². The van der Waals surface area contributed by atoms with E-state index < -0.39 is 5.82 Å². The molecule has 3 aliphatic heterocycles. The number of piperidine rings is 1. The second kappa shape index (κ2) is 10.3. The number of ether oxygens (including phenoxy) is 1. The fourth-order valence-corrected chi connectivity index (χ4v) is 5.76. The molecule has 1 aromatic heterocycles. The van der Waals surface area contributed by atoms with Crippen LogP contribution >= 0.6 is 11.6 Å². The van der Waals surface area contributed by atoms with Gasteiger partial charge in [0, 0.05) is 48.8 Å². The van der Waals surface area contributed by atoms with Gasteiger partial charge in [0.15, 0.2) is 5.82 Å². The summed E-state index contributed by atoms with van der Waals surface area (Å²) in [5, 5.41) is 9.67. The Hall–Kier alpha value is -2.75. The molecule has 3 aliphatic rings. The van der Waals surface area contributed by atoms with Crippen LogP contribution in [0.15, 0.2) is 30.1 Å². The van der Waals surface area contributed by atoms with Gasteiger partial charge in [-0.2, -0.15) is 0 Å². The molecular formula is C26H31ClFN5O3. The maximum absolute atomic E-state index is 14.2. The molecule has 2 aromatic rings. The van der Waals surface area contributed by atoms with E-state index in [2.05, 4.69) is 14.9 Å². The highest BCUT2D eigenvalue weighted by atomic mass is 35.5. The molecular weight excluding hydrogens is 485 g/mol. The largest absolute Gasteiger partial charge is 0.489 e. The zero-order chi connectivity index (χ0) is 25.4. The number of carbonyl (C=O) groups excluding carboxylic acids is 1. The Kier molecular flexibility index (Phi) is 7.14. The lowest BCUT2D eigenvalue weighted by Crippen LogP contribution is -2.46. The third-order valence-electron chi connectivity index (χ3n) is 7.46. The molecule has 2 fully saturated rings. The van der Waals surface area contributed by atoms with Crippen molar-refractivity contribution in [1.82, 2.24) is 19.8 Å². The van der Waals surface area contributed by atoms with Crippen molar-refractivity contribution < 1.29 is 19.0 Å². The number of fused-ring (bicyclic) bond motifs is 2. The molecule has 3 atom stereocenters. The van der Waals surface area contributed by atoms with Crippen molar-refractivity contribution in [2.24, 2.45) is 5.73 Å². The molecule has 10 heteroatoms. The van der Waals surface area contributed by atoms with Crippen LogP contribution in [0.2, 0.25) is 5.02 Å². The number of aromatic nitrogens is 2. The number of aliphatic hydroxyl groups excluding tert-OH is 1. The topological polar surface area (TPSA) is 105 Å². The Balaban J connectivity index is 1.30. The average molecular weight is 516 g/mol. The predicted octanol–water partition coefficient (Wildman–Crippen LogP) is 3.16. The number of aryl methyl sites for hydroxylation is 1. The Morgan fingerprint density at radius 1 is 1.28 bits per heavy atom. The van der Waals surface area contributed by atoms with Crippen LogP contribution < -0.4 is 10.5 Å². The van der Waals surface area contributed by atoms with E-state index in [1.165, 1.54) is 24.4 Å². The predicted molar refractivity (Wildman–Crippen MR) is 134 cm³/mol. The number of nitrogens with zero attached hydrogens (tertiary/aromatic N) is 4. The summed E-state index contributed by atoms with van der Waals surface area (Å²) in [6.45, 7) is 3.32. The summed E-state index contributed by atoms with van der Waals surface area (Å²) in [6, 6.07) is 4.84. The molecule has 0 saturated carbocycles. The van der Waals surface area contributed by atoms with E-state index in [0.29, 0.717) is 45.5 Å². The fourth-order valence-electron chi connectivity index (χ4n) is 5.66. The van der Waals surface area contributed by atoms with Crippen molar-refractivity contribution in [2.45, 2.75) is 57.2 Å². The molecule has 1 unspecified atom stereocenters. The van der Waals surface area contributed by atoms with E-state index in [1.54, 1.807) is 11.8 Å².